The number of terminal acetylenes is 1. The molecule has 0 saturated heterocycles. The van der Waals surface area contributed by atoms with Crippen molar-refractivity contribution in [2.45, 2.75) is 12.5 Å². The van der Waals surface area contributed by atoms with Crippen LogP contribution in [0.3, 0.4) is 0 Å². The third kappa shape index (κ3) is 3.50. The Morgan fingerprint density at radius 3 is 2.67 bits per heavy atom. The first-order valence-corrected chi connectivity index (χ1v) is 7.41. The van der Waals surface area contributed by atoms with Crippen LogP contribution in [0, 0.1) is 12.3 Å². The minimum Gasteiger partial charge on any atom is -0.451 e. The molecule has 0 spiro atoms. The van der Waals surface area contributed by atoms with Crippen molar-refractivity contribution in [1.29, 1.82) is 0 Å². The van der Waals surface area contributed by atoms with E-state index in [-0.39, 0.29) is 6.42 Å². The number of ether oxygens (including phenoxy) is 1. The fourth-order valence-corrected chi connectivity index (χ4v) is 2.26. The van der Waals surface area contributed by atoms with Gasteiger partial charge in [0.05, 0.1) is 24.0 Å². The molecule has 1 unspecified atom stereocenters. The summed E-state index contributed by atoms with van der Waals surface area (Å²) in [6.45, 7) is 0. The van der Waals surface area contributed by atoms with Gasteiger partial charge in [-0.25, -0.2) is 9.78 Å². The van der Waals surface area contributed by atoms with E-state index in [0.29, 0.717) is 11.3 Å². The van der Waals surface area contributed by atoms with Crippen LogP contribution in [-0.4, -0.2) is 20.5 Å². The molecule has 3 aromatic rings. The first kappa shape index (κ1) is 15.5. The second-order valence-electron chi connectivity index (χ2n) is 5.07. The van der Waals surface area contributed by atoms with Crippen LogP contribution in [0.15, 0.2) is 67.4 Å². The molecule has 1 atom stereocenters. The van der Waals surface area contributed by atoms with Crippen molar-refractivity contribution in [1.82, 2.24) is 14.5 Å². The van der Waals surface area contributed by atoms with Gasteiger partial charge in [0.1, 0.15) is 0 Å². The minimum absolute atomic E-state index is 0.274. The Morgan fingerprint density at radius 2 is 2.04 bits per heavy atom. The van der Waals surface area contributed by atoms with Crippen LogP contribution < -0.4 is 0 Å². The van der Waals surface area contributed by atoms with Gasteiger partial charge in [0.25, 0.3) is 0 Å². The molecule has 0 N–H and O–H groups in total. The summed E-state index contributed by atoms with van der Waals surface area (Å²) in [5, 5.41) is 0. The summed E-state index contributed by atoms with van der Waals surface area (Å²) in [5.74, 6) is 2.09. The van der Waals surface area contributed by atoms with E-state index < -0.39 is 12.1 Å². The number of carbonyl (C=O) groups excluding carboxylic acids is 1. The summed E-state index contributed by atoms with van der Waals surface area (Å²) in [7, 11) is 0. The van der Waals surface area contributed by atoms with Gasteiger partial charge in [0.15, 0.2) is 6.10 Å². The molecule has 0 aliphatic carbocycles. The molecular formula is C19H15N3O2. The zero-order chi connectivity index (χ0) is 16.8. The SMILES string of the molecule is C#CCC(OC(=O)c1ccc(-n2ccnc2)cc1)c1ccccn1. The number of rotatable bonds is 5. The van der Waals surface area contributed by atoms with Gasteiger partial charge < -0.3 is 9.30 Å². The van der Waals surface area contributed by atoms with Crippen molar-refractivity contribution in [3.63, 3.8) is 0 Å². The quantitative estimate of drug-likeness (QED) is 0.536. The lowest BCUT2D eigenvalue weighted by Gasteiger charge is -2.15. The molecule has 24 heavy (non-hydrogen) atoms. The van der Waals surface area contributed by atoms with Crippen LogP contribution in [0.5, 0.6) is 0 Å². The molecule has 0 fully saturated rings. The van der Waals surface area contributed by atoms with E-state index in [9.17, 15) is 4.79 Å². The van der Waals surface area contributed by atoms with E-state index in [4.69, 9.17) is 11.2 Å². The van der Waals surface area contributed by atoms with Crippen LogP contribution in [0.4, 0.5) is 0 Å². The first-order chi connectivity index (χ1) is 11.8. The Kier molecular flexibility index (Phi) is 4.68. The Labute approximate surface area is 140 Å². The molecule has 5 nitrogen and oxygen atoms in total. The number of carbonyl (C=O) groups is 1. The predicted octanol–water partition coefficient (Wildman–Crippen LogP) is 3.19. The van der Waals surface area contributed by atoms with E-state index in [1.165, 1.54) is 0 Å². The van der Waals surface area contributed by atoms with Gasteiger partial charge in [0.2, 0.25) is 0 Å². The Hall–Kier alpha value is -3.39. The van der Waals surface area contributed by atoms with Crippen LogP contribution in [0.25, 0.3) is 5.69 Å². The molecule has 5 heteroatoms. The molecule has 2 heterocycles. The molecule has 0 aliphatic rings. The second-order valence-corrected chi connectivity index (χ2v) is 5.07. The number of nitrogens with zero attached hydrogens (tertiary/aromatic N) is 3. The third-order valence-corrected chi connectivity index (χ3v) is 3.48. The summed E-state index contributed by atoms with van der Waals surface area (Å²) in [6, 6.07) is 12.5. The van der Waals surface area contributed by atoms with Crippen molar-refractivity contribution in [3.05, 3.63) is 78.6 Å². The van der Waals surface area contributed by atoms with Crippen molar-refractivity contribution in [2.24, 2.45) is 0 Å². The number of imidazole rings is 1. The van der Waals surface area contributed by atoms with Crippen LogP contribution in [-0.2, 0) is 4.74 Å². The van der Waals surface area contributed by atoms with Crippen molar-refractivity contribution < 1.29 is 9.53 Å². The van der Waals surface area contributed by atoms with Gasteiger partial charge in [0, 0.05) is 24.3 Å². The zero-order valence-corrected chi connectivity index (χ0v) is 12.9. The maximum atomic E-state index is 12.4. The highest BCUT2D eigenvalue weighted by molar-refractivity contribution is 5.89. The maximum absolute atomic E-state index is 12.4. The maximum Gasteiger partial charge on any atom is 0.338 e. The molecule has 3 rings (SSSR count). The van der Waals surface area contributed by atoms with Gasteiger partial charge in [-0.3, -0.25) is 4.98 Å². The van der Waals surface area contributed by atoms with Crippen molar-refractivity contribution >= 4 is 5.97 Å². The monoisotopic (exact) mass is 317 g/mol. The number of hydrogen-bond donors (Lipinski definition) is 0. The third-order valence-electron chi connectivity index (χ3n) is 3.48. The lowest BCUT2D eigenvalue weighted by Crippen LogP contribution is -2.12. The average molecular weight is 317 g/mol. The number of aromatic nitrogens is 3. The van der Waals surface area contributed by atoms with Crippen LogP contribution in [0.2, 0.25) is 0 Å². The van der Waals surface area contributed by atoms with Gasteiger partial charge in [-0.1, -0.05) is 6.07 Å². The molecule has 118 valence electrons. The molecule has 2 aromatic heterocycles. The first-order valence-electron chi connectivity index (χ1n) is 7.41. The number of benzene rings is 1. The fourth-order valence-electron chi connectivity index (χ4n) is 2.26. The van der Waals surface area contributed by atoms with E-state index in [2.05, 4.69) is 15.9 Å². The Bertz CT molecular complexity index is 835. The van der Waals surface area contributed by atoms with Crippen LogP contribution in [0.1, 0.15) is 28.6 Å². The predicted molar refractivity (Wildman–Crippen MR) is 89.4 cm³/mol. The topological polar surface area (TPSA) is 57.0 Å². The lowest BCUT2D eigenvalue weighted by atomic mass is 10.1. The second kappa shape index (κ2) is 7.25. The summed E-state index contributed by atoms with van der Waals surface area (Å²) in [5.41, 5.74) is 2.00. The van der Waals surface area contributed by atoms with Gasteiger partial charge in [-0.15, -0.1) is 12.3 Å². The standard InChI is InChI=1S/C19H15N3O2/c1-2-5-18(17-6-3-4-11-21-17)24-19(23)15-7-9-16(10-8-15)22-13-12-20-14-22/h1,3-4,6-14,18H,5H2. The summed E-state index contributed by atoms with van der Waals surface area (Å²) in [4.78, 5) is 20.6. The Balaban J connectivity index is 1.75. The van der Waals surface area contributed by atoms with E-state index in [1.54, 1.807) is 43.0 Å². The minimum atomic E-state index is -0.558. The smallest absolute Gasteiger partial charge is 0.338 e. The van der Waals surface area contributed by atoms with E-state index in [1.807, 2.05) is 29.0 Å². The average Bonchev–Trinajstić information content (AvgIpc) is 3.17. The molecule has 0 bridgehead atoms. The van der Waals surface area contributed by atoms with E-state index >= 15 is 0 Å². The zero-order valence-electron chi connectivity index (χ0n) is 12.9. The van der Waals surface area contributed by atoms with Gasteiger partial charge in [-0.05, 0) is 36.4 Å². The van der Waals surface area contributed by atoms with Crippen molar-refractivity contribution in [2.75, 3.05) is 0 Å². The molecule has 0 saturated carbocycles. The normalized spacial score (nSPS) is 11.5. The highest BCUT2D eigenvalue weighted by atomic mass is 16.5. The molecule has 1 aromatic carbocycles. The summed E-state index contributed by atoms with van der Waals surface area (Å²) >= 11 is 0. The molecule has 0 radical (unpaired) electrons. The van der Waals surface area contributed by atoms with Gasteiger partial charge >= 0.3 is 5.97 Å². The fraction of sp³-hybridized carbons (Fsp3) is 0.105. The van der Waals surface area contributed by atoms with Gasteiger partial charge in [-0.2, -0.15) is 0 Å². The highest BCUT2D eigenvalue weighted by Gasteiger charge is 2.18. The van der Waals surface area contributed by atoms with Crippen molar-refractivity contribution in [3.8, 4) is 18.0 Å². The lowest BCUT2D eigenvalue weighted by molar-refractivity contribution is 0.0299. The van der Waals surface area contributed by atoms with Crippen LogP contribution >= 0.6 is 0 Å². The molecule has 0 aliphatic heterocycles. The summed E-state index contributed by atoms with van der Waals surface area (Å²) < 4.78 is 7.38. The number of hydrogen-bond acceptors (Lipinski definition) is 4. The molecular weight excluding hydrogens is 302 g/mol. The number of esters is 1. The summed E-state index contributed by atoms with van der Waals surface area (Å²) in [6.07, 6.45) is 12.0. The Morgan fingerprint density at radius 1 is 1.21 bits per heavy atom. The largest absolute Gasteiger partial charge is 0.451 e. The highest BCUT2D eigenvalue weighted by Crippen LogP contribution is 2.21. The number of pyridine rings is 1. The molecule has 0 amide bonds. The van der Waals surface area contributed by atoms with E-state index in [0.717, 1.165) is 5.69 Å².